The van der Waals surface area contributed by atoms with E-state index in [-0.39, 0.29) is 0 Å². The lowest BCUT2D eigenvalue weighted by Gasteiger charge is -2.03. The molecule has 0 radical (unpaired) electrons. The largest absolute Gasteiger partial charge is 0.238 e. The monoisotopic (exact) mass is 264 g/mol. The summed E-state index contributed by atoms with van der Waals surface area (Å²) in [5.74, 6) is 1.56. The maximum absolute atomic E-state index is 4.42. The number of hydrogen-bond acceptors (Lipinski definition) is 3. The van der Waals surface area contributed by atoms with Crippen LogP contribution in [-0.2, 0) is 0 Å². The normalized spacial score (nSPS) is 10.8. The van der Waals surface area contributed by atoms with Gasteiger partial charge in [-0.3, -0.25) is 0 Å². The Labute approximate surface area is 118 Å². The second kappa shape index (κ2) is 4.89. The summed E-state index contributed by atoms with van der Waals surface area (Å²) in [6, 6.07) is 10.2. The van der Waals surface area contributed by atoms with Gasteiger partial charge in [-0.2, -0.15) is 5.10 Å². The molecule has 2 aromatic heterocycles. The lowest BCUT2D eigenvalue weighted by Crippen LogP contribution is -2.02. The highest BCUT2D eigenvalue weighted by molar-refractivity contribution is 5.65. The lowest BCUT2D eigenvalue weighted by molar-refractivity contribution is 0.822. The van der Waals surface area contributed by atoms with E-state index >= 15 is 0 Å². The minimum Gasteiger partial charge on any atom is -0.238 e. The first-order valence-corrected chi connectivity index (χ1v) is 6.57. The van der Waals surface area contributed by atoms with Gasteiger partial charge in [0, 0.05) is 23.5 Å². The molecule has 0 N–H and O–H groups in total. The smallest absolute Gasteiger partial charge is 0.157 e. The molecule has 0 bridgehead atoms. The van der Waals surface area contributed by atoms with Crippen molar-refractivity contribution in [1.82, 2.24) is 19.7 Å². The van der Waals surface area contributed by atoms with E-state index in [4.69, 9.17) is 0 Å². The van der Waals surface area contributed by atoms with E-state index in [0.29, 0.717) is 0 Å². The first-order valence-electron chi connectivity index (χ1n) is 6.57. The third-order valence-electron chi connectivity index (χ3n) is 3.23. The number of aromatic nitrogens is 4. The number of benzene rings is 1. The van der Waals surface area contributed by atoms with Crippen molar-refractivity contribution >= 4 is 0 Å². The van der Waals surface area contributed by atoms with Gasteiger partial charge in [-0.25, -0.2) is 14.6 Å². The Morgan fingerprint density at radius 1 is 1.00 bits per heavy atom. The zero-order valence-electron chi connectivity index (χ0n) is 11.8. The number of nitrogens with zero attached hydrogens (tertiary/aromatic N) is 4. The average Bonchev–Trinajstić information content (AvgIpc) is 2.87. The average molecular weight is 264 g/mol. The molecule has 100 valence electrons. The van der Waals surface area contributed by atoms with E-state index in [1.54, 1.807) is 4.68 Å². The molecule has 0 saturated heterocycles. The van der Waals surface area contributed by atoms with Crippen molar-refractivity contribution in [2.75, 3.05) is 0 Å². The first-order chi connectivity index (χ1) is 9.63. The summed E-state index contributed by atoms with van der Waals surface area (Å²) in [5.41, 5.74) is 4.47. The van der Waals surface area contributed by atoms with Crippen molar-refractivity contribution < 1.29 is 0 Å². The van der Waals surface area contributed by atoms with E-state index in [1.807, 2.05) is 44.4 Å². The highest BCUT2D eigenvalue weighted by atomic mass is 15.3. The predicted octanol–water partition coefficient (Wildman–Crippen LogP) is 3.25. The summed E-state index contributed by atoms with van der Waals surface area (Å²) in [6.45, 7) is 5.96. The summed E-state index contributed by atoms with van der Waals surface area (Å²) >= 11 is 0. The molecule has 0 aliphatic rings. The Hall–Kier alpha value is -2.49. The van der Waals surface area contributed by atoms with Crippen molar-refractivity contribution in [1.29, 1.82) is 0 Å². The molecule has 4 nitrogen and oxygen atoms in total. The van der Waals surface area contributed by atoms with Crippen LogP contribution in [0.3, 0.4) is 0 Å². The van der Waals surface area contributed by atoms with Crippen molar-refractivity contribution in [3.05, 3.63) is 59.8 Å². The van der Waals surface area contributed by atoms with E-state index < -0.39 is 0 Å². The van der Waals surface area contributed by atoms with Crippen molar-refractivity contribution in [3.63, 3.8) is 0 Å². The van der Waals surface area contributed by atoms with Gasteiger partial charge in [0.15, 0.2) is 5.82 Å². The molecule has 3 rings (SSSR count). The van der Waals surface area contributed by atoms with Crippen LogP contribution in [0.2, 0.25) is 0 Å². The zero-order chi connectivity index (χ0) is 14.1. The minimum atomic E-state index is 0.757. The molecule has 0 atom stereocenters. The fourth-order valence-electron chi connectivity index (χ4n) is 2.30. The summed E-state index contributed by atoms with van der Waals surface area (Å²) in [6.07, 6.45) is 3.87. The Kier molecular flexibility index (Phi) is 3.06. The maximum Gasteiger partial charge on any atom is 0.157 e. The Morgan fingerprint density at radius 2 is 1.80 bits per heavy atom. The number of aryl methyl sites for hydroxylation is 3. The SMILES string of the molecule is Cc1cc(-n2cc(-c3ccccc3C)cn2)nc(C)n1. The Morgan fingerprint density at radius 3 is 2.55 bits per heavy atom. The van der Waals surface area contributed by atoms with Gasteiger partial charge in [0.1, 0.15) is 5.82 Å². The van der Waals surface area contributed by atoms with Crippen molar-refractivity contribution in [2.45, 2.75) is 20.8 Å². The van der Waals surface area contributed by atoms with E-state index in [1.165, 1.54) is 11.1 Å². The molecule has 0 aliphatic heterocycles. The van der Waals surface area contributed by atoms with Crippen LogP contribution >= 0.6 is 0 Å². The summed E-state index contributed by atoms with van der Waals surface area (Å²) in [7, 11) is 0. The van der Waals surface area contributed by atoms with Crippen molar-refractivity contribution in [3.8, 4) is 16.9 Å². The van der Waals surface area contributed by atoms with Gasteiger partial charge in [-0.05, 0) is 31.9 Å². The van der Waals surface area contributed by atoms with Gasteiger partial charge < -0.3 is 0 Å². The van der Waals surface area contributed by atoms with Crippen LogP contribution in [0.1, 0.15) is 17.1 Å². The van der Waals surface area contributed by atoms with Crippen LogP contribution in [0.5, 0.6) is 0 Å². The van der Waals surface area contributed by atoms with Gasteiger partial charge in [-0.15, -0.1) is 0 Å². The molecule has 3 aromatic rings. The molecular weight excluding hydrogens is 248 g/mol. The van der Waals surface area contributed by atoms with Crippen LogP contribution in [0.15, 0.2) is 42.7 Å². The maximum atomic E-state index is 4.42. The highest BCUT2D eigenvalue weighted by Crippen LogP contribution is 2.23. The number of hydrogen-bond donors (Lipinski definition) is 0. The van der Waals surface area contributed by atoms with Gasteiger partial charge in [0.2, 0.25) is 0 Å². The second-order valence-corrected chi connectivity index (χ2v) is 4.90. The summed E-state index contributed by atoms with van der Waals surface area (Å²) in [4.78, 5) is 8.71. The predicted molar refractivity (Wildman–Crippen MR) is 78.8 cm³/mol. The fourth-order valence-corrected chi connectivity index (χ4v) is 2.30. The Balaban J connectivity index is 2.04. The first kappa shape index (κ1) is 12.5. The van der Waals surface area contributed by atoms with Crippen LogP contribution in [-0.4, -0.2) is 19.7 Å². The Bertz CT molecular complexity index is 738. The topological polar surface area (TPSA) is 43.6 Å². The van der Waals surface area contributed by atoms with Gasteiger partial charge in [-0.1, -0.05) is 24.3 Å². The molecule has 20 heavy (non-hydrogen) atoms. The molecule has 0 amide bonds. The van der Waals surface area contributed by atoms with E-state index in [9.17, 15) is 0 Å². The van der Waals surface area contributed by atoms with Crippen molar-refractivity contribution in [2.24, 2.45) is 0 Å². The van der Waals surface area contributed by atoms with Gasteiger partial charge in [0.05, 0.1) is 6.20 Å². The van der Waals surface area contributed by atoms with Crippen LogP contribution in [0.4, 0.5) is 0 Å². The standard InChI is InChI=1S/C16H16N4/c1-11-6-4-5-7-15(11)14-9-17-20(10-14)16-8-12(2)18-13(3)19-16/h4-10H,1-3H3. The summed E-state index contributed by atoms with van der Waals surface area (Å²) in [5, 5.41) is 4.41. The van der Waals surface area contributed by atoms with E-state index in [2.05, 4.69) is 34.1 Å². The van der Waals surface area contributed by atoms with Gasteiger partial charge >= 0.3 is 0 Å². The van der Waals surface area contributed by atoms with Crippen LogP contribution in [0, 0.1) is 20.8 Å². The van der Waals surface area contributed by atoms with Crippen LogP contribution in [0.25, 0.3) is 16.9 Å². The third-order valence-corrected chi connectivity index (χ3v) is 3.23. The molecule has 0 fully saturated rings. The third kappa shape index (κ3) is 2.32. The van der Waals surface area contributed by atoms with E-state index in [0.717, 1.165) is 22.9 Å². The molecule has 0 saturated carbocycles. The molecule has 0 aliphatic carbocycles. The minimum absolute atomic E-state index is 0.757. The molecule has 0 unspecified atom stereocenters. The van der Waals surface area contributed by atoms with Crippen LogP contribution < -0.4 is 0 Å². The molecule has 2 heterocycles. The molecule has 1 aromatic carbocycles. The van der Waals surface area contributed by atoms with Gasteiger partial charge in [0.25, 0.3) is 0 Å². The molecule has 0 spiro atoms. The fraction of sp³-hybridized carbons (Fsp3) is 0.188. The quantitative estimate of drug-likeness (QED) is 0.713. The number of rotatable bonds is 2. The highest BCUT2D eigenvalue weighted by Gasteiger charge is 2.07. The second-order valence-electron chi connectivity index (χ2n) is 4.90. The molecular formula is C16H16N4. The molecule has 4 heteroatoms. The lowest BCUT2D eigenvalue weighted by atomic mass is 10.0. The summed E-state index contributed by atoms with van der Waals surface area (Å²) < 4.78 is 1.80. The zero-order valence-corrected chi connectivity index (χ0v) is 11.8.